The minimum absolute atomic E-state index is 0.0887. The molecule has 0 aliphatic heterocycles. The van der Waals surface area contributed by atoms with Crippen LogP contribution < -0.4 is 5.32 Å². The molecule has 2 heterocycles. The Morgan fingerprint density at radius 1 is 1.27 bits per heavy atom. The lowest BCUT2D eigenvalue weighted by molar-refractivity contribution is -0.385. The van der Waals surface area contributed by atoms with Crippen LogP contribution in [0.5, 0.6) is 0 Å². The summed E-state index contributed by atoms with van der Waals surface area (Å²) in [6.07, 6.45) is 2.49. The third kappa shape index (κ3) is 3.14. The number of nitrogens with zero attached hydrogens (tertiary/aromatic N) is 3. The van der Waals surface area contributed by atoms with E-state index in [0.717, 1.165) is 6.26 Å². The first-order valence-corrected chi connectivity index (χ1v) is 9.31. The number of benzene rings is 1. The van der Waals surface area contributed by atoms with Crippen molar-refractivity contribution in [1.29, 1.82) is 0 Å². The predicted octanol–water partition coefficient (Wildman–Crippen LogP) is 2.21. The van der Waals surface area contributed by atoms with Crippen LogP contribution in [0.3, 0.4) is 0 Å². The highest BCUT2D eigenvalue weighted by Crippen LogP contribution is 2.23. The maximum atomic E-state index is 12.6. The van der Waals surface area contributed by atoms with Crippen LogP contribution in [0.15, 0.2) is 47.8 Å². The van der Waals surface area contributed by atoms with Gasteiger partial charge in [0.05, 0.1) is 10.4 Å². The van der Waals surface area contributed by atoms with Crippen LogP contribution in [-0.2, 0) is 9.84 Å². The number of carbonyl (C=O) groups is 1. The number of imidazole rings is 1. The number of nitro benzene ring substituents is 1. The molecule has 0 unspecified atom stereocenters. The Labute approximate surface area is 148 Å². The largest absolute Gasteiger partial charge is 0.320 e. The molecule has 1 aromatic carbocycles. The van der Waals surface area contributed by atoms with E-state index in [-0.39, 0.29) is 22.2 Å². The number of hydrogen-bond donors (Lipinski definition) is 1. The zero-order valence-corrected chi connectivity index (χ0v) is 14.6. The van der Waals surface area contributed by atoms with Gasteiger partial charge < -0.3 is 5.32 Å². The Morgan fingerprint density at radius 3 is 2.65 bits per heavy atom. The third-order valence-electron chi connectivity index (χ3n) is 3.73. The quantitative estimate of drug-likeness (QED) is 0.551. The van der Waals surface area contributed by atoms with E-state index in [1.165, 1.54) is 28.8 Å². The van der Waals surface area contributed by atoms with Crippen molar-refractivity contribution >= 4 is 32.6 Å². The lowest BCUT2D eigenvalue weighted by Gasteiger charge is -2.05. The molecule has 0 fully saturated rings. The zero-order valence-electron chi connectivity index (χ0n) is 13.8. The molecule has 0 aliphatic carbocycles. The summed E-state index contributed by atoms with van der Waals surface area (Å²) >= 11 is 0. The summed E-state index contributed by atoms with van der Waals surface area (Å²) in [5.41, 5.74) is 0.765. The molecule has 1 amide bonds. The molecule has 1 N–H and O–H groups in total. The number of nitro groups is 1. The lowest BCUT2D eigenvalue weighted by atomic mass is 10.2. The highest BCUT2D eigenvalue weighted by atomic mass is 32.2. The van der Waals surface area contributed by atoms with Gasteiger partial charge in [-0.05, 0) is 25.1 Å². The Bertz CT molecular complexity index is 1150. The van der Waals surface area contributed by atoms with E-state index < -0.39 is 20.7 Å². The minimum atomic E-state index is -3.66. The van der Waals surface area contributed by atoms with Crippen LogP contribution in [-0.4, -0.2) is 34.9 Å². The van der Waals surface area contributed by atoms with Gasteiger partial charge in [-0.3, -0.25) is 19.3 Å². The van der Waals surface area contributed by atoms with Crippen molar-refractivity contribution in [1.82, 2.24) is 9.38 Å². The number of carbonyl (C=O) groups excluding carboxylic acids is 1. The van der Waals surface area contributed by atoms with Crippen molar-refractivity contribution in [3.8, 4) is 0 Å². The van der Waals surface area contributed by atoms with Crippen molar-refractivity contribution in [3.05, 3.63) is 64.0 Å². The van der Waals surface area contributed by atoms with Crippen LogP contribution in [0.4, 0.5) is 11.4 Å². The van der Waals surface area contributed by atoms with Gasteiger partial charge in [-0.25, -0.2) is 13.4 Å². The highest BCUT2D eigenvalue weighted by Gasteiger charge is 2.23. The summed E-state index contributed by atoms with van der Waals surface area (Å²) in [5.74, 6) is -0.665. The van der Waals surface area contributed by atoms with Crippen LogP contribution in [0.1, 0.15) is 16.1 Å². The number of rotatable bonds is 4. The van der Waals surface area contributed by atoms with Crippen LogP contribution >= 0.6 is 0 Å². The smallest absolute Gasteiger partial charge is 0.276 e. The predicted molar refractivity (Wildman–Crippen MR) is 94.1 cm³/mol. The van der Waals surface area contributed by atoms with Crippen LogP contribution in [0.25, 0.3) is 5.52 Å². The van der Waals surface area contributed by atoms with Gasteiger partial charge in [0, 0.05) is 29.8 Å². The minimum Gasteiger partial charge on any atom is -0.320 e. The molecule has 3 rings (SSSR count). The Morgan fingerprint density at radius 2 is 2.00 bits per heavy atom. The van der Waals surface area contributed by atoms with Gasteiger partial charge in [-0.2, -0.15) is 0 Å². The summed E-state index contributed by atoms with van der Waals surface area (Å²) in [6.45, 7) is 1.59. The number of pyridine rings is 1. The normalized spacial score (nSPS) is 11.5. The molecule has 0 atom stereocenters. The topological polar surface area (TPSA) is 124 Å². The van der Waals surface area contributed by atoms with E-state index in [2.05, 4.69) is 10.3 Å². The molecule has 2 aromatic heterocycles. The van der Waals surface area contributed by atoms with E-state index >= 15 is 0 Å². The summed E-state index contributed by atoms with van der Waals surface area (Å²) < 4.78 is 25.1. The van der Waals surface area contributed by atoms with E-state index in [0.29, 0.717) is 11.1 Å². The molecule has 26 heavy (non-hydrogen) atoms. The van der Waals surface area contributed by atoms with Crippen molar-refractivity contribution in [2.45, 2.75) is 12.1 Å². The molecule has 0 radical (unpaired) electrons. The van der Waals surface area contributed by atoms with E-state index in [1.807, 2.05) is 0 Å². The average molecular weight is 374 g/mol. The summed E-state index contributed by atoms with van der Waals surface area (Å²) in [5, 5.41) is 13.3. The Hall–Kier alpha value is -3.27. The highest BCUT2D eigenvalue weighted by molar-refractivity contribution is 7.90. The van der Waals surface area contributed by atoms with E-state index in [1.54, 1.807) is 25.1 Å². The van der Waals surface area contributed by atoms with Gasteiger partial charge in [-0.15, -0.1) is 0 Å². The van der Waals surface area contributed by atoms with Gasteiger partial charge in [0.2, 0.25) is 15.0 Å². The van der Waals surface area contributed by atoms with Gasteiger partial charge in [0.15, 0.2) is 5.69 Å². The molecular weight excluding hydrogens is 360 g/mol. The molecule has 0 saturated carbocycles. The molecular formula is C16H14N4O5S. The number of aryl methyl sites for hydroxylation is 1. The molecule has 0 spiro atoms. The molecule has 0 aliphatic rings. The average Bonchev–Trinajstić information content (AvgIpc) is 2.96. The number of hydrogen-bond acceptors (Lipinski definition) is 6. The SMILES string of the molecule is Cc1ccc(NC(=O)c2nc(S(C)(=O)=O)n3ccccc23)cc1[N+](=O)[O-]. The molecule has 10 heteroatoms. The maximum absolute atomic E-state index is 12.6. The monoisotopic (exact) mass is 374 g/mol. The van der Waals surface area contributed by atoms with Crippen molar-refractivity contribution in [3.63, 3.8) is 0 Å². The summed E-state index contributed by atoms with van der Waals surface area (Å²) in [4.78, 5) is 27.0. The number of aromatic nitrogens is 2. The number of anilines is 1. The first kappa shape index (κ1) is 17.5. The van der Waals surface area contributed by atoms with E-state index in [9.17, 15) is 23.3 Å². The molecule has 9 nitrogen and oxygen atoms in total. The Kier molecular flexibility index (Phi) is 4.20. The van der Waals surface area contributed by atoms with E-state index in [4.69, 9.17) is 0 Å². The fourth-order valence-electron chi connectivity index (χ4n) is 2.51. The van der Waals surface area contributed by atoms with Gasteiger partial charge in [0.25, 0.3) is 11.6 Å². The molecule has 0 saturated heterocycles. The van der Waals surface area contributed by atoms with Crippen LogP contribution in [0, 0.1) is 17.0 Å². The first-order valence-electron chi connectivity index (χ1n) is 7.42. The van der Waals surface area contributed by atoms with Crippen molar-refractivity contribution in [2.75, 3.05) is 11.6 Å². The number of sulfone groups is 1. The number of amides is 1. The van der Waals surface area contributed by atoms with Crippen molar-refractivity contribution in [2.24, 2.45) is 0 Å². The van der Waals surface area contributed by atoms with Gasteiger partial charge >= 0.3 is 0 Å². The second-order valence-electron chi connectivity index (χ2n) is 5.68. The van der Waals surface area contributed by atoms with Crippen molar-refractivity contribution < 1.29 is 18.1 Å². The summed E-state index contributed by atoms with van der Waals surface area (Å²) in [7, 11) is -3.66. The second-order valence-corrected chi connectivity index (χ2v) is 7.59. The maximum Gasteiger partial charge on any atom is 0.276 e. The second kappa shape index (κ2) is 6.23. The van der Waals surface area contributed by atoms with Gasteiger partial charge in [0.1, 0.15) is 0 Å². The standard InChI is InChI=1S/C16H14N4O5S/c1-10-6-7-11(9-13(10)20(22)23)17-15(21)14-12-5-3-4-8-19(12)16(18-14)26(2,24)25/h3-9H,1-2H3,(H,17,21). The number of nitrogens with one attached hydrogen (secondary N) is 1. The fraction of sp³-hybridized carbons (Fsp3) is 0.125. The molecule has 3 aromatic rings. The van der Waals surface area contributed by atoms with Crippen LogP contribution in [0.2, 0.25) is 0 Å². The van der Waals surface area contributed by atoms with Gasteiger partial charge in [-0.1, -0.05) is 12.1 Å². The molecule has 0 bridgehead atoms. The zero-order chi connectivity index (χ0) is 19.1. The third-order valence-corrected chi connectivity index (χ3v) is 4.68. The Balaban J connectivity index is 2.04. The fourth-order valence-corrected chi connectivity index (χ4v) is 3.29. The number of fused-ring (bicyclic) bond motifs is 1. The summed E-state index contributed by atoms with van der Waals surface area (Å²) in [6, 6.07) is 9.11. The molecule has 134 valence electrons. The lowest BCUT2D eigenvalue weighted by Crippen LogP contribution is -2.13. The first-order chi connectivity index (χ1) is 12.2.